The molecule has 7 nitrogen and oxygen atoms in total. The maximum absolute atomic E-state index is 12.0. The molecule has 0 radical (unpaired) electrons. The zero-order valence-electron chi connectivity index (χ0n) is 16.5. The topological polar surface area (TPSA) is 88.5 Å². The van der Waals surface area contributed by atoms with E-state index < -0.39 is 0 Å². The molecule has 0 aliphatic carbocycles. The van der Waals surface area contributed by atoms with Crippen LogP contribution in [0.3, 0.4) is 0 Å². The maximum atomic E-state index is 12.0. The summed E-state index contributed by atoms with van der Waals surface area (Å²) in [7, 11) is 1.73. The first-order valence-corrected chi connectivity index (χ1v) is 10.7. The summed E-state index contributed by atoms with van der Waals surface area (Å²) < 4.78 is 5.08. The molecule has 2 aromatic heterocycles. The quantitative estimate of drug-likeness (QED) is 0.396. The molecule has 9 heteroatoms. The second-order valence-corrected chi connectivity index (χ2v) is 7.86. The number of carbonyl (C=O) groups excluding carboxylic acids is 1. The molecule has 1 atom stereocenters. The van der Waals surface area contributed by atoms with E-state index in [9.17, 15) is 4.79 Å². The Morgan fingerprint density at radius 3 is 2.78 bits per heavy atom. The monoisotopic (exact) mass is 409 g/mol. The molecule has 0 spiro atoms. The van der Waals surface area contributed by atoms with Crippen LogP contribution in [0, 0.1) is 6.92 Å². The van der Waals surface area contributed by atoms with E-state index in [4.69, 9.17) is 4.74 Å². The highest BCUT2D eigenvalue weighted by molar-refractivity contribution is 7.13. The van der Waals surface area contributed by atoms with Gasteiger partial charge in [0.25, 0.3) is 0 Å². The number of carbonyl (C=O) groups is 1. The molecule has 1 unspecified atom stereocenters. The predicted molar refractivity (Wildman–Crippen MR) is 111 cm³/mol. The van der Waals surface area contributed by atoms with E-state index in [2.05, 4.69) is 37.9 Å². The van der Waals surface area contributed by atoms with Crippen molar-refractivity contribution in [1.29, 1.82) is 0 Å². The summed E-state index contributed by atoms with van der Waals surface area (Å²) in [4.78, 5) is 25.9. The molecule has 0 saturated heterocycles. The third-order valence-corrected chi connectivity index (χ3v) is 6.16. The van der Waals surface area contributed by atoms with Gasteiger partial charge in [-0.2, -0.15) is 0 Å². The molecule has 148 valence electrons. The molecule has 0 amide bonds. The zero-order chi connectivity index (χ0) is 19.8. The van der Waals surface area contributed by atoms with Crippen molar-refractivity contribution in [2.75, 3.05) is 20.2 Å². The number of nitrogens with one attached hydrogen (secondary N) is 2. The first-order valence-electron chi connectivity index (χ1n) is 9.03. The van der Waals surface area contributed by atoms with Crippen LogP contribution >= 0.6 is 22.7 Å². The molecule has 2 aromatic rings. The fourth-order valence-corrected chi connectivity index (χ4v) is 4.13. The van der Waals surface area contributed by atoms with E-state index in [-0.39, 0.29) is 12.0 Å². The van der Waals surface area contributed by atoms with Crippen LogP contribution in [0.15, 0.2) is 10.4 Å². The van der Waals surface area contributed by atoms with Gasteiger partial charge in [-0.3, -0.25) is 4.99 Å². The average molecular weight is 410 g/mol. The molecule has 0 saturated carbocycles. The lowest BCUT2D eigenvalue weighted by atomic mass is 10.3. The highest BCUT2D eigenvalue weighted by Gasteiger charge is 2.20. The minimum absolute atomic E-state index is 0.0750. The van der Waals surface area contributed by atoms with Gasteiger partial charge in [0.2, 0.25) is 0 Å². The Hall–Kier alpha value is -2.00. The number of nitrogens with zero attached hydrogens (tertiary/aromatic N) is 3. The normalized spacial score (nSPS) is 12.7. The molecule has 2 heterocycles. The number of ether oxygens (including phenoxy) is 1. The second kappa shape index (κ2) is 10.4. The number of thiazole rings is 2. The molecule has 0 aliphatic heterocycles. The first-order chi connectivity index (χ1) is 13.0. The Balaban J connectivity index is 1.89. The molecule has 0 aromatic carbocycles. The van der Waals surface area contributed by atoms with Crippen molar-refractivity contribution in [3.8, 4) is 0 Å². The summed E-state index contributed by atoms with van der Waals surface area (Å²) in [6, 6.07) is -0.0750. The van der Waals surface area contributed by atoms with Crippen LogP contribution in [0.5, 0.6) is 0 Å². The van der Waals surface area contributed by atoms with Crippen molar-refractivity contribution in [2.24, 2.45) is 4.99 Å². The minimum atomic E-state index is -0.317. The first kappa shape index (κ1) is 21.3. The summed E-state index contributed by atoms with van der Waals surface area (Å²) in [6.45, 7) is 8.82. The Bertz CT molecular complexity index is 785. The Morgan fingerprint density at radius 1 is 1.37 bits per heavy atom. The highest BCUT2D eigenvalue weighted by atomic mass is 32.1. The van der Waals surface area contributed by atoms with Gasteiger partial charge >= 0.3 is 5.97 Å². The predicted octanol–water partition coefficient (Wildman–Crippen LogP) is 3.12. The molecule has 0 bridgehead atoms. The number of aliphatic imine (C=N–C) groups is 1. The average Bonchev–Trinajstić information content (AvgIpc) is 3.27. The standard InChI is InChI=1S/C18H27N5O2S2/c1-6-14-23-13(10-26-14)8-9-20-18(19-5)22-12(4)16-21-11(3)15(27-16)17(24)25-7-2/h10,12H,6-9H2,1-5H3,(H2,19,20,22). The number of guanidine groups is 1. The maximum Gasteiger partial charge on any atom is 0.350 e. The summed E-state index contributed by atoms with van der Waals surface area (Å²) in [6.07, 6.45) is 1.81. The number of hydrogen-bond acceptors (Lipinski definition) is 7. The Kier molecular flexibility index (Phi) is 8.18. The van der Waals surface area contributed by atoms with E-state index in [1.165, 1.54) is 11.3 Å². The number of hydrogen-bond donors (Lipinski definition) is 2. The molecular weight excluding hydrogens is 382 g/mol. The molecule has 27 heavy (non-hydrogen) atoms. The fourth-order valence-electron chi connectivity index (χ4n) is 2.39. The van der Waals surface area contributed by atoms with Crippen molar-refractivity contribution < 1.29 is 9.53 Å². The van der Waals surface area contributed by atoms with Crippen LogP contribution in [0.2, 0.25) is 0 Å². The Labute approximate surface area is 168 Å². The van der Waals surface area contributed by atoms with Gasteiger partial charge < -0.3 is 15.4 Å². The van der Waals surface area contributed by atoms with Crippen molar-refractivity contribution >= 4 is 34.6 Å². The van der Waals surface area contributed by atoms with Crippen LogP contribution in [-0.4, -0.2) is 42.1 Å². The molecular formula is C18H27N5O2S2. The van der Waals surface area contributed by atoms with Gasteiger partial charge in [-0.25, -0.2) is 14.8 Å². The van der Waals surface area contributed by atoms with Gasteiger partial charge in [0.05, 0.1) is 29.0 Å². The van der Waals surface area contributed by atoms with Gasteiger partial charge in [-0.1, -0.05) is 6.92 Å². The summed E-state index contributed by atoms with van der Waals surface area (Å²) in [5.74, 6) is 0.377. The van der Waals surface area contributed by atoms with E-state index in [0.717, 1.165) is 35.1 Å². The number of aromatic nitrogens is 2. The van der Waals surface area contributed by atoms with Crippen LogP contribution in [-0.2, 0) is 17.6 Å². The smallest absolute Gasteiger partial charge is 0.350 e. The van der Waals surface area contributed by atoms with Gasteiger partial charge in [-0.05, 0) is 27.2 Å². The van der Waals surface area contributed by atoms with E-state index in [1.807, 2.05) is 13.8 Å². The second-order valence-electron chi connectivity index (χ2n) is 5.89. The Morgan fingerprint density at radius 2 is 2.15 bits per heavy atom. The summed E-state index contributed by atoms with van der Waals surface area (Å²) in [5.41, 5.74) is 1.79. The third-order valence-electron chi connectivity index (χ3n) is 3.80. The molecule has 0 aliphatic rings. The largest absolute Gasteiger partial charge is 0.462 e. The lowest BCUT2D eigenvalue weighted by Crippen LogP contribution is -2.39. The van der Waals surface area contributed by atoms with Gasteiger partial charge in [0.15, 0.2) is 5.96 Å². The van der Waals surface area contributed by atoms with E-state index in [0.29, 0.717) is 23.1 Å². The third kappa shape index (κ3) is 6.00. The van der Waals surface area contributed by atoms with Crippen molar-refractivity contribution in [3.63, 3.8) is 0 Å². The van der Waals surface area contributed by atoms with Crippen LogP contribution in [0.4, 0.5) is 0 Å². The van der Waals surface area contributed by atoms with Gasteiger partial charge in [0.1, 0.15) is 9.88 Å². The molecule has 0 fully saturated rings. The minimum Gasteiger partial charge on any atom is -0.462 e. The van der Waals surface area contributed by atoms with Crippen molar-refractivity contribution in [1.82, 2.24) is 20.6 Å². The van der Waals surface area contributed by atoms with E-state index in [1.54, 1.807) is 25.3 Å². The number of rotatable bonds is 8. The number of esters is 1. The summed E-state index contributed by atoms with van der Waals surface area (Å²) in [5, 5.41) is 10.7. The highest BCUT2D eigenvalue weighted by Crippen LogP contribution is 2.24. The zero-order valence-corrected chi connectivity index (χ0v) is 18.1. The lowest BCUT2D eigenvalue weighted by Gasteiger charge is -2.16. The fraction of sp³-hybridized carbons (Fsp3) is 0.556. The molecule has 2 rings (SSSR count). The van der Waals surface area contributed by atoms with Gasteiger partial charge in [0, 0.05) is 25.4 Å². The van der Waals surface area contributed by atoms with Gasteiger partial charge in [-0.15, -0.1) is 22.7 Å². The number of aryl methyl sites for hydroxylation is 2. The van der Waals surface area contributed by atoms with Crippen molar-refractivity contribution in [3.05, 3.63) is 31.7 Å². The summed E-state index contributed by atoms with van der Waals surface area (Å²) >= 11 is 3.06. The SMILES string of the molecule is CCOC(=O)c1sc(C(C)NC(=NC)NCCc2csc(CC)n2)nc1C. The van der Waals surface area contributed by atoms with Crippen LogP contribution in [0.25, 0.3) is 0 Å². The van der Waals surface area contributed by atoms with Crippen LogP contribution in [0.1, 0.15) is 57.9 Å². The van der Waals surface area contributed by atoms with Crippen LogP contribution < -0.4 is 10.6 Å². The van der Waals surface area contributed by atoms with E-state index >= 15 is 0 Å². The lowest BCUT2D eigenvalue weighted by molar-refractivity contribution is 0.0531. The van der Waals surface area contributed by atoms with Crippen molar-refractivity contribution in [2.45, 2.75) is 46.6 Å². The molecule has 2 N–H and O–H groups in total.